The second-order valence-electron chi connectivity index (χ2n) is 7.13. The van der Waals surface area contributed by atoms with Gasteiger partial charge in [-0.1, -0.05) is 31.2 Å². The number of hydrogen-bond donors (Lipinski definition) is 0. The van der Waals surface area contributed by atoms with E-state index in [0.29, 0.717) is 12.4 Å². The Morgan fingerprint density at radius 2 is 2.11 bits per heavy atom. The summed E-state index contributed by atoms with van der Waals surface area (Å²) in [6.07, 6.45) is 1.71. The molecule has 1 aromatic carbocycles. The Morgan fingerprint density at radius 1 is 1.26 bits per heavy atom. The molecule has 0 N–H and O–H groups in total. The Hall–Kier alpha value is -2.66. The number of pyridine rings is 1. The van der Waals surface area contributed by atoms with E-state index in [1.165, 1.54) is 0 Å². The van der Waals surface area contributed by atoms with Crippen LogP contribution in [0.5, 0.6) is 5.75 Å². The minimum absolute atomic E-state index is 0.0462. The molecule has 3 heterocycles. The van der Waals surface area contributed by atoms with Gasteiger partial charge in [0, 0.05) is 22.6 Å². The first kappa shape index (κ1) is 17.7. The molecule has 4 nitrogen and oxygen atoms in total. The molecule has 1 amide bonds. The standard InChI is InChI=1S/C22H22N2O2S/c1-15-9-10-18-16(2)22(3,26-19(18)13-15)21(25)24(14-17-7-6-12-27-17)20-8-4-5-11-23-20/h4-13,16H,14H2,1-3H3. The molecule has 0 spiro atoms. The highest BCUT2D eigenvalue weighted by molar-refractivity contribution is 7.09. The maximum absolute atomic E-state index is 13.7. The van der Waals surface area contributed by atoms with Gasteiger partial charge in [0.1, 0.15) is 11.6 Å². The van der Waals surface area contributed by atoms with Gasteiger partial charge >= 0.3 is 0 Å². The molecular weight excluding hydrogens is 356 g/mol. The molecular formula is C22H22N2O2S. The normalized spacial score (nSPS) is 20.8. The number of thiophene rings is 1. The van der Waals surface area contributed by atoms with Gasteiger partial charge in [0.25, 0.3) is 5.91 Å². The van der Waals surface area contributed by atoms with Gasteiger partial charge in [0.05, 0.1) is 6.54 Å². The van der Waals surface area contributed by atoms with Crippen LogP contribution >= 0.6 is 11.3 Å². The van der Waals surface area contributed by atoms with Crippen molar-refractivity contribution in [1.29, 1.82) is 0 Å². The van der Waals surface area contributed by atoms with E-state index < -0.39 is 5.60 Å². The number of amides is 1. The van der Waals surface area contributed by atoms with E-state index in [1.807, 2.05) is 55.6 Å². The lowest BCUT2D eigenvalue weighted by molar-refractivity contribution is -0.132. The Balaban J connectivity index is 1.71. The van der Waals surface area contributed by atoms with Gasteiger partial charge in [0.2, 0.25) is 0 Å². The summed E-state index contributed by atoms with van der Waals surface area (Å²) in [5.74, 6) is 1.32. The molecule has 2 atom stereocenters. The second-order valence-corrected chi connectivity index (χ2v) is 8.16. The molecule has 2 unspecified atom stereocenters. The lowest BCUT2D eigenvalue weighted by atomic mass is 9.85. The molecule has 0 fully saturated rings. The molecule has 3 aromatic rings. The first-order chi connectivity index (χ1) is 13.0. The minimum Gasteiger partial charge on any atom is -0.477 e. The van der Waals surface area contributed by atoms with Crippen LogP contribution in [0.25, 0.3) is 0 Å². The van der Waals surface area contributed by atoms with Crippen molar-refractivity contribution in [2.75, 3.05) is 4.90 Å². The molecule has 0 radical (unpaired) electrons. The summed E-state index contributed by atoms with van der Waals surface area (Å²) in [4.78, 5) is 21.0. The molecule has 0 bridgehead atoms. The van der Waals surface area contributed by atoms with Crippen LogP contribution in [0.3, 0.4) is 0 Å². The number of carbonyl (C=O) groups is 1. The van der Waals surface area contributed by atoms with Crippen molar-refractivity contribution in [2.45, 2.75) is 38.8 Å². The van der Waals surface area contributed by atoms with Crippen molar-refractivity contribution in [2.24, 2.45) is 0 Å². The van der Waals surface area contributed by atoms with Gasteiger partial charge in [-0.3, -0.25) is 9.69 Å². The number of aromatic nitrogens is 1. The van der Waals surface area contributed by atoms with Crippen LogP contribution in [0.4, 0.5) is 5.82 Å². The number of carbonyl (C=O) groups excluding carboxylic acids is 1. The number of rotatable bonds is 4. The summed E-state index contributed by atoms with van der Waals surface area (Å²) in [5.41, 5.74) is 1.23. The first-order valence-corrected chi connectivity index (χ1v) is 9.92. The van der Waals surface area contributed by atoms with Gasteiger partial charge in [-0.25, -0.2) is 4.98 Å². The van der Waals surface area contributed by atoms with E-state index in [0.717, 1.165) is 21.8 Å². The van der Waals surface area contributed by atoms with Crippen LogP contribution in [-0.2, 0) is 11.3 Å². The van der Waals surface area contributed by atoms with Crippen LogP contribution < -0.4 is 9.64 Å². The summed E-state index contributed by atoms with van der Waals surface area (Å²) in [5, 5.41) is 2.02. The molecule has 0 aliphatic carbocycles. The van der Waals surface area contributed by atoms with Crippen molar-refractivity contribution in [3.8, 4) is 5.75 Å². The molecule has 5 heteroatoms. The van der Waals surface area contributed by atoms with Crippen LogP contribution in [0.1, 0.15) is 35.8 Å². The summed E-state index contributed by atoms with van der Waals surface area (Å²) in [7, 11) is 0. The van der Waals surface area contributed by atoms with Gasteiger partial charge in [0.15, 0.2) is 5.60 Å². The van der Waals surface area contributed by atoms with Crippen LogP contribution in [0, 0.1) is 6.92 Å². The Labute approximate surface area is 163 Å². The highest BCUT2D eigenvalue weighted by Gasteiger charge is 2.50. The topological polar surface area (TPSA) is 42.4 Å². The zero-order valence-corrected chi connectivity index (χ0v) is 16.5. The summed E-state index contributed by atoms with van der Waals surface area (Å²) < 4.78 is 6.26. The molecule has 2 aromatic heterocycles. The predicted molar refractivity (Wildman–Crippen MR) is 108 cm³/mol. The Morgan fingerprint density at radius 3 is 2.81 bits per heavy atom. The molecule has 138 valence electrons. The van der Waals surface area contributed by atoms with Gasteiger partial charge in [-0.05, 0) is 49.1 Å². The van der Waals surface area contributed by atoms with Crippen LogP contribution in [0.15, 0.2) is 60.1 Å². The van der Waals surface area contributed by atoms with E-state index in [9.17, 15) is 4.79 Å². The van der Waals surface area contributed by atoms with E-state index in [1.54, 1.807) is 22.4 Å². The number of anilines is 1. The SMILES string of the molecule is Cc1ccc2c(c1)OC(C)(C(=O)N(Cc1cccs1)c1ccccn1)C2C. The lowest BCUT2D eigenvalue weighted by Crippen LogP contribution is -2.51. The van der Waals surface area contributed by atoms with Crippen LogP contribution in [-0.4, -0.2) is 16.5 Å². The number of nitrogens with zero attached hydrogens (tertiary/aromatic N) is 2. The largest absolute Gasteiger partial charge is 0.477 e. The van der Waals surface area contributed by atoms with Gasteiger partial charge in [-0.15, -0.1) is 11.3 Å². The zero-order chi connectivity index (χ0) is 19.0. The van der Waals surface area contributed by atoms with Crippen molar-refractivity contribution >= 4 is 23.1 Å². The van der Waals surface area contributed by atoms with Gasteiger partial charge in [-0.2, -0.15) is 0 Å². The number of benzene rings is 1. The quantitative estimate of drug-likeness (QED) is 0.646. The fourth-order valence-electron chi connectivity index (χ4n) is 3.53. The van der Waals surface area contributed by atoms with Crippen molar-refractivity contribution in [3.05, 3.63) is 76.1 Å². The van der Waals surface area contributed by atoms with Crippen molar-refractivity contribution in [3.63, 3.8) is 0 Å². The lowest BCUT2D eigenvalue weighted by Gasteiger charge is -2.33. The predicted octanol–water partition coefficient (Wildman–Crippen LogP) is 4.94. The van der Waals surface area contributed by atoms with E-state index in [2.05, 4.69) is 24.0 Å². The Kier molecular flexibility index (Phi) is 4.48. The highest BCUT2D eigenvalue weighted by atomic mass is 32.1. The highest BCUT2D eigenvalue weighted by Crippen LogP contribution is 2.46. The zero-order valence-electron chi connectivity index (χ0n) is 15.7. The first-order valence-electron chi connectivity index (χ1n) is 9.04. The maximum atomic E-state index is 13.7. The Bertz CT molecular complexity index is 956. The minimum atomic E-state index is -0.967. The number of aryl methyl sites for hydroxylation is 1. The maximum Gasteiger partial charge on any atom is 0.273 e. The molecule has 1 aliphatic heterocycles. The summed E-state index contributed by atoms with van der Waals surface area (Å²) in [6, 6.07) is 15.8. The third kappa shape index (κ3) is 3.12. The molecule has 1 aliphatic rings. The fourth-order valence-corrected chi connectivity index (χ4v) is 4.22. The monoisotopic (exact) mass is 378 g/mol. The average Bonchev–Trinajstić information content (AvgIpc) is 3.27. The van der Waals surface area contributed by atoms with E-state index in [-0.39, 0.29) is 11.8 Å². The summed E-state index contributed by atoms with van der Waals surface area (Å²) >= 11 is 1.63. The third-order valence-electron chi connectivity index (χ3n) is 5.27. The van der Waals surface area contributed by atoms with E-state index >= 15 is 0 Å². The fraction of sp³-hybridized carbons (Fsp3) is 0.273. The summed E-state index contributed by atoms with van der Waals surface area (Å²) in [6.45, 7) is 6.46. The molecule has 0 saturated carbocycles. The average molecular weight is 378 g/mol. The third-order valence-corrected chi connectivity index (χ3v) is 6.13. The molecule has 4 rings (SSSR count). The van der Waals surface area contributed by atoms with E-state index in [4.69, 9.17) is 4.74 Å². The smallest absolute Gasteiger partial charge is 0.273 e. The van der Waals surface area contributed by atoms with Crippen molar-refractivity contribution in [1.82, 2.24) is 4.98 Å². The number of fused-ring (bicyclic) bond motifs is 1. The second kappa shape index (κ2) is 6.82. The molecule has 0 saturated heterocycles. The molecule has 27 heavy (non-hydrogen) atoms. The number of ether oxygens (including phenoxy) is 1. The number of hydrogen-bond acceptors (Lipinski definition) is 4. The van der Waals surface area contributed by atoms with Crippen molar-refractivity contribution < 1.29 is 9.53 Å². The van der Waals surface area contributed by atoms with Gasteiger partial charge < -0.3 is 4.74 Å². The van der Waals surface area contributed by atoms with Crippen LogP contribution in [0.2, 0.25) is 0 Å².